The van der Waals surface area contributed by atoms with Gasteiger partial charge in [0.05, 0.1) is 16.7 Å². The number of benzene rings is 10. The van der Waals surface area contributed by atoms with Crippen LogP contribution in [0, 0.1) is 0 Å². The van der Waals surface area contributed by atoms with Crippen LogP contribution in [0.1, 0.15) is 0 Å². The number of hydrogen-bond donors (Lipinski definition) is 0. The van der Waals surface area contributed by atoms with Gasteiger partial charge < -0.3 is 9.47 Å². The first kappa shape index (κ1) is 33.6. The molecule has 0 atom stereocenters. The van der Waals surface area contributed by atoms with Crippen LogP contribution < -0.4 is 4.90 Å². The second-order valence-corrected chi connectivity index (χ2v) is 14.9. The summed E-state index contributed by atoms with van der Waals surface area (Å²) in [5, 5.41) is 7.48. The van der Waals surface area contributed by atoms with Crippen LogP contribution in [0.4, 0.5) is 17.1 Å². The average molecular weight is 739 g/mol. The molecule has 0 aliphatic heterocycles. The van der Waals surface area contributed by atoms with Crippen LogP contribution >= 0.6 is 0 Å². The summed E-state index contributed by atoms with van der Waals surface area (Å²) in [6.45, 7) is 0. The Morgan fingerprint density at radius 1 is 0.293 bits per heavy atom. The molecule has 0 spiro atoms. The molecule has 11 rings (SSSR count). The molecule has 0 N–H and O–H groups in total. The van der Waals surface area contributed by atoms with Crippen molar-refractivity contribution in [2.75, 3.05) is 4.90 Å². The smallest absolute Gasteiger partial charge is 0.0546 e. The zero-order valence-electron chi connectivity index (χ0n) is 31.8. The fourth-order valence-electron chi connectivity index (χ4n) is 8.85. The summed E-state index contributed by atoms with van der Waals surface area (Å²) in [7, 11) is 0. The highest BCUT2D eigenvalue weighted by molar-refractivity contribution is 6.14. The third-order valence-corrected chi connectivity index (χ3v) is 11.6. The molecule has 272 valence electrons. The van der Waals surface area contributed by atoms with Gasteiger partial charge >= 0.3 is 0 Å². The number of para-hydroxylation sites is 2. The zero-order chi connectivity index (χ0) is 38.4. The molecule has 0 aliphatic rings. The molecule has 58 heavy (non-hydrogen) atoms. The maximum atomic E-state index is 2.41. The number of aromatic nitrogens is 1. The molecule has 0 fully saturated rings. The third kappa shape index (κ3) is 5.74. The molecule has 0 saturated heterocycles. The summed E-state index contributed by atoms with van der Waals surface area (Å²) < 4.78 is 2.37. The van der Waals surface area contributed by atoms with E-state index < -0.39 is 0 Å². The van der Waals surface area contributed by atoms with Crippen LogP contribution in [-0.2, 0) is 0 Å². The number of rotatable bonds is 7. The van der Waals surface area contributed by atoms with E-state index in [2.05, 4.69) is 240 Å². The lowest BCUT2D eigenvalue weighted by Crippen LogP contribution is -2.10. The Morgan fingerprint density at radius 3 is 1.33 bits per heavy atom. The first-order valence-corrected chi connectivity index (χ1v) is 19.9. The molecule has 1 heterocycles. The Kier molecular flexibility index (Phi) is 8.19. The van der Waals surface area contributed by atoms with Crippen LogP contribution in [0.2, 0.25) is 0 Å². The van der Waals surface area contributed by atoms with E-state index in [0.29, 0.717) is 0 Å². The summed E-state index contributed by atoms with van der Waals surface area (Å²) in [6.07, 6.45) is 0. The Hall–Kier alpha value is -7.68. The molecule has 10 aromatic carbocycles. The Morgan fingerprint density at radius 2 is 0.724 bits per heavy atom. The monoisotopic (exact) mass is 738 g/mol. The van der Waals surface area contributed by atoms with E-state index in [4.69, 9.17) is 0 Å². The summed E-state index contributed by atoms with van der Waals surface area (Å²) in [5.41, 5.74) is 14.1. The molecule has 11 aromatic rings. The van der Waals surface area contributed by atoms with Gasteiger partial charge in [-0.3, -0.25) is 0 Å². The summed E-state index contributed by atoms with van der Waals surface area (Å²) in [4.78, 5) is 2.41. The Labute approximate surface area is 338 Å². The lowest BCUT2D eigenvalue weighted by atomic mass is 9.94. The first-order valence-electron chi connectivity index (χ1n) is 19.9. The van der Waals surface area contributed by atoms with E-state index >= 15 is 0 Å². The third-order valence-electron chi connectivity index (χ3n) is 11.6. The molecular formula is C56H38N2. The maximum absolute atomic E-state index is 2.41. The van der Waals surface area contributed by atoms with E-state index in [9.17, 15) is 0 Å². The number of hydrogen-bond acceptors (Lipinski definition) is 1. The van der Waals surface area contributed by atoms with Gasteiger partial charge in [-0.15, -0.1) is 0 Å². The van der Waals surface area contributed by atoms with Crippen molar-refractivity contribution in [3.8, 4) is 39.1 Å². The van der Waals surface area contributed by atoms with E-state index in [1.54, 1.807) is 0 Å². The molecule has 0 aliphatic carbocycles. The van der Waals surface area contributed by atoms with Crippen molar-refractivity contribution >= 4 is 60.4 Å². The lowest BCUT2D eigenvalue weighted by Gasteiger charge is -2.28. The Bertz CT molecular complexity index is 3200. The van der Waals surface area contributed by atoms with E-state index in [0.717, 1.165) is 22.7 Å². The van der Waals surface area contributed by atoms with Crippen molar-refractivity contribution < 1.29 is 0 Å². The van der Waals surface area contributed by atoms with Crippen LogP contribution in [0.5, 0.6) is 0 Å². The predicted octanol–water partition coefficient (Wildman–Crippen LogP) is 15.6. The largest absolute Gasteiger partial charge is 0.310 e. The number of nitrogens with zero attached hydrogens (tertiary/aromatic N) is 2. The molecule has 2 heteroatoms. The van der Waals surface area contributed by atoms with Crippen LogP contribution in [0.3, 0.4) is 0 Å². The fraction of sp³-hybridized carbons (Fsp3) is 0. The topological polar surface area (TPSA) is 8.17 Å². The van der Waals surface area contributed by atoms with Crippen LogP contribution in [0.15, 0.2) is 231 Å². The minimum Gasteiger partial charge on any atom is -0.310 e. The van der Waals surface area contributed by atoms with Crippen LogP contribution in [0.25, 0.3) is 82.4 Å². The van der Waals surface area contributed by atoms with E-state index in [1.165, 1.54) is 76.7 Å². The number of fused-ring (bicyclic) bond motifs is 6. The van der Waals surface area contributed by atoms with Crippen LogP contribution in [-0.4, -0.2) is 4.57 Å². The normalized spacial score (nSPS) is 11.4. The lowest BCUT2D eigenvalue weighted by molar-refractivity contribution is 1.18. The molecule has 0 radical (unpaired) electrons. The minimum absolute atomic E-state index is 1.10. The van der Waals surface area contributed by atoms with Gasteiger partial charge in [0.25, 0.3) is 0 Å². The SMILES string of the molecule is c1ccc(-c2ccc(N(c3ccc(-c4ccccc4-c4ccc(-n5c6ccccc6c6ccccc65)cc4)cc3)c3cc4ccccc4c4ccccc34)cc2)cc1. The molecule has 2 nitrogen and oxygen atoms in total. The van der Waals surface area contributed by atoms with Gasteiger partial charge in [0.1, 0.15) is 0 Å². The first-order chi connectivity index (χ1) is 28.8. The highest BCUT2D eigenvalue weighted by atomic mass is 15.1. The van der Waals surface area contributed by atoms with Gasteiger partial charge in [-0.25, -0.2) is 0 Å². The summed E-state index contributed by atoms with van der Waals surface area (Å²) in [5.74, 6) is 0. The van der Waals surface area contributed by atoms with Crippen molar-refractivity contribution in [2.24, 2.45) is 0 Å². The minimum atomic E-state index is 1.10. The average Bonchev–Trinajstić information content (AvgIpc) is 3.64. The second kappa shape index (κ2) is 14.1. The summed E-state index contributed by atoms with van der Waals surface area (Å²) in [6, 6.07) is 83.6. The van der Waals surface area contributed by atoms with E-state index in [-0.39, 0.29) is 0 Å². The maximum Gasteiger partial charge on any atom is 0.0546 e. The van der Waals surface area contributed by atoms with Gasteiger partial charge in [-0.05, 0) is 104 Å². The van der Waals surface area contributed by atoms with Crippen molar-refractivity contribution in [3.05, 3.63) is 231 Å². The fourth-order valence-corrected chi connectivity index (χ4v) is 8.85. The Balaban J connectivity index is 0.995. The highest BCUT2D eigenvalue weighted by Crippen LogP contribution is 2.43. The molecule has 0 unspecified atom stereocenters. The molecular weight excluding hydrogens is 701 g/mol. The summed E-state index contributed by atoms with van der Waals surface area (Å²) >= 11 is 0. The number of anilines is 3. The van der Waals surface area contributed by atoms with Gasteiger partial charge in [-0.1, -0.05) is 176 Å². The molecule has 0 amide bonds. The van der Waals surface area contributed by atoms with Crippen molar-refractivity contribution in [1.82, 2.24) is 4.57 Å². The highest BCUT2D eigenvalue weighted by Gasteiger charge is 2.19. The van der Waals surface area contributed by atoms with Gasteiger partial charge in [0.2, 0.25) is 0 Å². The second-order valence-electron chi connectivity index (χ2n) is 14.9. The zero-order valence-corrected chi connectivity index (χ0v) is 31.8. The van der Waals surface area contributed by atoms with Gasteiger partial charge in [0.15, 0.2) is 0 Å². The molecule has 0 bridgehead atoms. The quantitative estimate of drug-likeness (QED) is 0.148. The van der Waals surface area contributed by atoms with Crippen molar-refractivity contribution in [1.29, 1.82) is 0 Å². The molecule has 0 saturated carbocycles. The predicted molar refractivity (Wildman–Crippen MR) is 247 cm³/mol. The van der Waals surface area contributed by atoms with Crippen molar-refractivity contribution in [2.45, 2.75) is 0 Å². The van der Waals surface area contributed by atoms with E-state index in [1.807, 2.05) is 0 Å². The molecule has 1 aromatic heterocycles. The van der Waals surface area contributed by atoms with Crippen molar-refractivity contribution in [3.63, 3.8) is 0 Å². The van der Waals surface area contributed by atoms with Gasteiger partial charge in [0, 0.05) is 33.2 Å². The standard InChI is InChI=1S/C56H38N2/c1-2-14-39(15-3-1)40-26-32-44(33-27-40)57(56-38-43-16-4-5-19-49(43)50-20-8-9-21-51(50)56)45-34-28-41(29-35-45)47-17-6-7-18-48(47)42-30-36-46(37-31-42)58-54-24-12-10-22-52(54)53-23-11-13-25-55(53)58/h1-38H. The van der Waals surface area contributed by atoms with Gasteiger partial charge in [-0.2, -0.15) is 0 Å².